The van der Waals surface area contributed by atoms with Gasteiger partial charge in [-0.25, -0.2) is 4.99 Å². The fourth-order valence-electron chi connectivity index (χ4n) is 2.02. The summed E-state index contributed by atoms with van der Waals surface area (Å²) < 4.78 is 5.36. The first-order valence-electron chi connectivity index (χ1n) is 5.77. The predicted octanol–water partition coefficient (Wildman–Crippen LogP) is 0.937. The number of ether oxygens (including phenoxy) is 1. The zero-order valence-corrected chi connectivity index (χ0v) is 10.6. The Bertz CT molecular complexity index is 498. The first kappa shape index (κ1) is 12.6. The van der Waals surface area contributed by atoms with Gasteiger partial charge in [0.05, 0.1) is 6.10 Å². The van der Waals surface area contributed by atoms with Crippen LogP contribution in [0.15, 0.2) is 41.5 Å². The van der Waals surface area contributed by atoms with Gasteiger partial charge in [0.15, 0.2) is 11.6 Å². The molecule has 0 aromatic heterocycles. The molecule has 1 aliphatic heterocycles. The van der Waals surface area contributed by atoms with Crippen LogP contribution in [0.3, 0.4) is 0 Å². The fourth-order valence-corrected chi connectivity index (χ4v) is 2.02. The monoisotopic (exact) mass is 246 g/mol. The van der Waals surface area contributed by atoms with E-state index in [1.165, 1.54) is 0 Å². The number of nitrogens with zero attached hydrogens (tertiary/aromatic N) is 1. The normalized spacial score (nSPS) is 24.3. The number of methoxy groups -OCH3 is 1. The Morgan fingerprint density at radius 3 is 2.78 bits per heavy atom. The summed E-state index contributed by atoms with van der Waals surface area (Å²) in [5.41, 5.74) is 12.9. The first-order chi connectivity index (χ1) is 8.57. The van der Waals surface area contributed by atoms with Crippen molar-refractivity contribution in [2.75, 3.05) is 7.11 Å². The molecule has 5 N–H and O–H groups in total. The quantitative estimate of drug-likeness (QED) is 0.741. The van der Waals surface area contributed by atoms with E-state index in [1.54, 1.807) is 19.4 Å². The highest BCUT2D eigenvalue weighted by Gasteiger charge is 2.29. The fraction of sp³-hybridized carbons (Fsp3) is 0.308. The van der Waals surface area contributed by atoms with Gasteiger partial charge < -0.3 is 15.8 Å². The largest absolute Gasteiger partial charge is 0.377 e. The van der Waals surface area contributed by atoms with Crippen molar-refractivity contribution in [2.45, 2.75) is 18.7 Å². The van der Waals surface area contributed by atoms with Crippen molar-refractivity contribution in [3.05, 3.63) is 47.7 Å². The van der Waals surface area contributed by atoms with Crippen LogP contribution in [0.2, 0.25) is 0 Å². The Morgan fingerprint density at radius 2 is 2.11 bits per heavy atom. The van der Waals surface area contributed by atoms with Crippen LogP contribution in [0.4, 0.5) is 0 Å². The molecule has 0 bridgehead atoms. The Labute approximate surface area is 107 Å². The van der Waals surface area contributed by atoms with Gasteiger partial charge in [-0.2, -0.15) is 0 Å². The van der Waals surface area contributed by atoms with Crippen molar-refractivity contribution < 1.29 is 4.74 Å². The number of aliphatic imine (C=N–C) groups is 1. The van der Waals surface area contributed by atoms with Gasteiger partial charge in [0.25, 0.3) is 0 Å². The lowest BCUT2D eigenvalue weighted by Crippen LogP contribution is -2.43. The number of hydrogen-bond acceptors (Lipinski definition) is 5. The van der Waals surface area contributed by atoms with Crippen LogP contribution in [-0.2, 0) is 10.4 Å². The highest BCUT2D eigenvalue weighted by atomic mass is 16.5. The average Bonchev–Trinajstić information content (AvgIpc) is 2.37. The van der Waals surface area contributed by atoms with Gasteiger partial charge in [0, 0.05) is 18.9 Å². The molecule has 2 unspecified atom stereocenters. The van der Waals surface area contributed by atoms with Gasteiger partial charge in [-0.05, 0) is 18.6 Å². The SMILES string of the molecule is COC(C)c1ccccc1C1(N)C=CNC(N)=N1. The third-order valence-electron chi connectivity index (χ3n) is 3.06. The Balaban J connectivity index is 2.51. The number of rotatable bonds is 3. The van der Waals surface area contributed by atoms with E-state index in [9.17, 15) is 0 Å². The lowest BCUT2D eigenvalue weighted by atomic mass is 9.92. The van der Waals surface area contributed by atoms with Gasteiger partial charge in [-0.1, -0.05) is 24.3 Å². The van der Waals surface area contributed by atoms with Crippen LogP contribution in [0.5, 0.6) is 0 Å². The lowest BCUT2D eigenvalue weighted by Gasteiger charge is -2.29. The van der Waals surface area contributed by atoms with Crippen molar-refractivity contribution in [2.24, 2.45) is 16.5 Å². The highest BCUT2D eigenvalue weighted by Crippen LogP contribution is 2.30. The second-order valence-corrected chi connectivity index (χ2v) is 4.27. The molecule has 1 aromatic carbocycles. The first-order valence-corrected chi connectivity index (χ1v) is 5.77. The van der Waals surface area contributed by atoms with Gasteiger partial charge in [-0.15, -0.1) is 0 Å². The van der Waals surface area contributed by atoms with Crippen LogP contribution in [0.25, 0.3) is 0 Å². The summed E-state index contributed by atoms with van der Waals surface area (Å²) in [7, 11) is 1.67. The molecule has 96 valence electrons. The van der Waals surface area contributed by atoms with Crippen LogP contribution in [0.1, 0.15) is 24.2 Å². The summed E-state index contributed by atoms with van der Waals surface area (Å²) in [6.45, 7) is 1.97. The van der Waals surface area contributed by atoms with Crippen molar-refractivity contribution in [1.29, 1.82) is 0 Å². The minimum absolute atomic E-state index is 0.0543. The molecule has 18 heavy (non-hydrogen) atoms. The van der Waals surface area contributed by atoms with Crippen LogP contribution >= 0.6 is 0 Å². The van der Waals surface area contributed by atoms with Crippen molar-refractivity contribution in [3.63, 3.8) is 0 Å². The number of nitrogens with one attached hydrogen (secondary N) is 1. The lowest BCUT2D eigenvalue weighted by molar-refractivity contribution is 0.118. The standard InChI is InChI=1S/C13H18N4O/c1-9(18-2)10-5-3-4-6-11(10)13(15)7-8-16-12(14)17-13/h3-9H,15H2,1-2H3,(H3,14,16,17). The topological polar surface area (TPSA) is 85.7 Å². The third-order valence-corrected chi connectivity index (χ3v) is 3.06. The average molecular weight is 246 g/mol. The van der Waals surface area contributed by atoms with E-state index in [1.807, 2.05) is 31.2 Å². The molecule has 0 saturated heterocycles. The van der Waals surface area contributed by atoms with E-state index in [-0.39, 0.29) is 6.10 Å². The van der Waals surface area contributed by atoms with Gasteiger partial charge in [0.1, 0.15) is 0 Å². The Hall–Kier alpha value is -1.85. The number of guanidine groups is 1. The maximum atomic E-state index is 6.31. The van der Waals surface area contributed by atoms with Crippen LogP contribution in [-0.4, -0.2) is 13.1 Å². The number of nitrogens with two attached hydrogens (primary N) is 2. The zero-order valence-electron chi connectivity index (χ0n) is 10.6. The Kier molecular flexibility index (Phi) is 3.36. The third kappa shape index (κ3) is 2.23. The minimum atomic E-state index is -0.946. The second kappa shape index (κ2) is 4.80. The highest BCUT2D eigenvalue weighted by molar-refractivity contribution is 5.80. The van der Waals surface area contributed by atoms with E-state index in [0.717, 1.165) is 11.1 Å². The minimum Gasteiger partial charge on any atom is -0.377 e. The summed E-state index contributed by atoms with van der Waals surface area (Å²) in [5, 5.41) is 2.81. The number of hydrogen-bond donors (Lipinski definition) is 3. The molecular weight excluding hydrogens is 228 g/mol. The molecular formula is C13H18N4O. The van der Waals surface area contributed by atoms with E-state index in [0.29, 0.717) is 5.96 Å². The van der Waals surface area contributed by atoms with Crippen molar-refractivity contribution in [1.82, 2.24) is 5.32 Å². The van der Waals surface area contributed by atoms with Crippen LogP contribution < -0.4 is 16.8 Å². The molecule has 0 saturated carbocycles. The molecule has 0 spiro atoms. The molecule has 5 heteroatoms. The summed E-state index contributed by atoms with van der Waals surface area (Å²) in [4.78, 5) is 4.28. The molecule has 5 nitrogen and oxygen atoms in total. The molecule has 0 fully saturated rings. The summed E-state index contributed by atoms with van der Waals surface area (Å²) in [6, 6.07) is 7.81. The summed E-state index contributed by atoms with van der Waals surface area (Å²) >= 11 is 0. The molecule has 0 amide bonds. The van der Waals surface area contributed by atoms with Gasteiger partial charge in [0.2, 0.25) is 0 Å². The van der Waals surface area contributed by atoms with E-state index in [4.69, 9.17) is 16.2 Å². The number of benzene rings is 1. The van der Waals surface area contributed by atoms with Crippen molar-refractivity contribution in [3.8, 4) is 0 Å². The summed E-state index contributed by atoms with van der Waals surface area (Å²) in [5.74, 6) is 0.305. The van der Waals surface area contributed by atoms with Crippen LogP contribution in [0, 0.1) is 0 Å². The molecule has 0 radical (unpaired) electrons. The molecule has 0 aliphatic carbocycles. The van der Waals surface area contributed by atoms with E-state index >= 15 is 0 Å². The van der Waals surface area contributed by atoms with Gasteiger partial charge in [-0.3, -0.25) is 5.73 Å². The van der Waals surface area contributed by atoms with E-state index in [2.05, 4.69) is 10.3 Å². The Morgan fingerprint density at radius 1 is 1.39 bits per heavy atom. The van der Waals surface area contributed by atoms with E-state index < -0.39 is 5.66 Å². The molecule has 1 aliphatic rings. The summed E-state index contributed by atoms with van der Waals surface area (Å²) in [6.07, 6.45) is 3.43. The van der Waals surface area contributed by atoms with Gasteiger partial charge >= 0.3 is 0 Å². The zero-order chi connectivity index (χ0) is 13.2. The molecule has 2 atom stereocenters. The second-order valence-electron chi connectivity index (χ2n) is 4.27. The smallest absolute Gasteiger partial charge is 0.195 e. The predicted molar refractivity (Wildman–Crippen MR) is 71.6 cm³/mol. The molecule has 1 aromatic rings. The maximum Gasteiger partial charge on any atom is 0.195 e. The molecule has 1 heterocycles. The van der Waals surface area contributed by atoms with Crippen molar-refractivity contribution >= 4 is 5.96 Å². The maximum absolute atomic E-state index is 6.31. The molecule has 2 rings (SSSR count).